The van der Waals surface area contributed by atoms with Gasteiger partial charge in [-0.2, -0.15) is 0 Å². The predicted octanol–water partition coefficient (Wildman–Crippen LogP) is 9.75. The maximum Gasteiger partial charge on any atom is 0.0900 e. The summed E-state index contributed by atoms with van der Waals surface area (Å²) >= 11 is 25.5. The van der Waals surface area contributed by atoms with Crippen molar-refractivity contribution in [1.82, 2.24) is 14.5 Å². The largest absolute Gasteiger partial charge is 0.354 e. The fraction of sp³-hybridized carbons (Fsp3) is 0.294. The van der Waals surface area contributed by atoms with E-state index in [4.69, 9.17) is 56.4 Å². The first-order chi connectivity index (χ1) is 20.9. The van der Waals surface area contributed by atoms with E-state index in [0.717, 1.165) is 64.4 Å². The minimum Gasteiger partial charge on any atom is -0.354 e. The Bertz CT molecular complexity index is 1860. The Morgan fingerprint density at radius 3 is 2.33 bits per heavy atom. The number of nitrogens with one attached hydrogen (secondary N) is 1. The van der Waals surface area contributed by atoms with Crippen molar-refractivity contribution >= 4 is 68.8 Å². The molecule has 0 radical (unpaired) electrons. The minimum absolute atomic E-state index is 0.490. The summed E-state index contributed by atoms with van der Waals surface area (Å²) in [6.07, 6.45) is 6.03. The maximum absolute atomic E-state index is 6.55. The normalized spacial score (nSPS) is 16.0. The Morgan fingerprint density at radius 2 is 1.58 bits per heavy atom. The van der Waals surface area contributed by atoms with E-state index in [2.05, 4.69) is 45.1 Å². The van der Waals surface area contributed by atoms with E-state index in [-0.39, 0.29) is 0 Å². The number of hydrogen-bond acceptors (Lipinski definition) is 4. The van der Waals surface area contributed by atoms with Gasteiger partial charge < -0.3 is 14.8 Å². The van der Waals surface area contributed by atoms with Crippen molar-refractivity contribution in [1.29, 1.82) is 0 Å². The molecule has 7 rings (SSSR count). The lowest BCUT2D eigenvalue weighted by Crippen LogP contribution is -2.21. The Balaban J connectivity index is 1.40. The summed E-state index contributed by atoms with van der Waals surface area (Å²) in [4.78, 5) is 12.8. The summed E-state index contributed by atoms with van der Waals surface area (Å²) < 4.78 is 2.23. The number of rotatable bonds is 8. The number of aromatic nitrogens is 2. The molecule has 0 spiro atoms. The molecule has 0 amide bonds. The van der Waals surface area contributed by atoms with Gasteiger partial charge in [0.15, 0.2) is 0 Å². The molecule has 5 nitrogen and oxygen atoms in total. The van der Waals surface area contributed by atoms with Gasteiger partial charge in [-0.3, -0.25) is 4.99 Å². The maximum atomic E-state index is 6.55. The van der Waals surface area contributed by atoms with E-state index in [0.29, 0.717) is 26.0 Å². The molecule has 2 heterocycles. The molecule has 2 aliphatic heterocycles. The van der Waals surface area contributed by atoms with Crippen LogP contribution in [0.5, 0.6) is 0 Å². The molecular weight excluding hydrogens is 620 g/mol. The molecule has 0 unspecified atom stereocenters. The average Bonchev–Trinajstić information content (AvgIpc) is 3.72. The average molecular weight is 651 g/mol. The second kappa shape index (κ2) is 12.3. The number of fused-ring (bicyclic) bond motifs is 2. The number of benzene rings is 4. The monoisotopic (exact) mass is 649 g/mol. The van der Waals surface area contributed by atoms with Crippen LogP contribution in [0.1, 0.15) is 43.6 Å². The third-order valence-corrected chi connectivity index (χ3v) is 9.82. The smallest absolute Gasteiger partial charge is 0.0900 e. The van der Waals surface area contributed by atoms with E-state index in [1.54, 1.807) is 6.07 Å². The second-order valence-corrected chi connectivity index (χ2v) is 13.1. The van der Waals surface area contributed by atoms with Gasteiger partial charge in [-0.1, -0.05) is 52.5 Å². The molecule has 4 aliphatic rings. The molecule has 220 valence electrons. The molecule has 2 fully saturated rings. The molecular formula is C34H31Cl4N5. The van der Waals surface area contributed by atoms with Crippen LogP contribution in [0.25, 0.3) is 28.1 Å². The Hall–Kier alpha value is -2.80. The summed E-state index contributed by atoms with van der Waals surface area (Å²) in [7, 11) is 0. The summed E-state index contributed by atoms with van der Waals surface area (Å²) in [5.41, 5.74) is 7.65. The van der Waals surface area contributed by atoms with Gasteiger partial charge in [-0.15, -0.1) is 0 Å². The van der Waals surface area contributed by atoms with Crippen molar-refractivity contribution in [2.45, 2.75) is 38.0 Å². The first-order valence-corrected chi connectivity index (χ1v) is 16.3. The van der Waals surface area contributed by atoms with Crippen molar-refractivity contribution in [3.05, 3.63) is 97.7 Å². The number of nitrogens with zero attached hydrogens (tertiary/aromatic N) is 4. The van der Waals surface area contributed by atoms with Gasteiger partial charge >= 0.3 is 0 Å². The van der Waals surface area contributed by atoms with Crippen molar-refractivity contribution in [3.8, 4) is 17.1 Å². The molecule has 0 bridgehead atoms. The molecule has 3 aromatic rings. The molecule has 9 heteroatoms. The van der Waals surface area contributed by atoms with Crippen LogP contribution in [-0.2, 0) is 0 Å². The van der Waals surface area contributed by atoms with E-state index >= 15 is 0 Å². The van der Waals surface area contributed by atoms with Crippen LogP contribution in [0.3, 0.4) is 0 Å². The first-order valence-electron chi connectivity index (χ1n) is 14.8. The van der Waals surface area contributed by atoms with Crippen LogP contribution in [0, 0.1) is 0 Å². The number of hydrogen-bond donors (Lipinski definition) is 1. The molecule has 43 heavy (non-hydrogen) atoms. The zero-order valence-electron chi connectivity index (χ0n) is 23.6. The lowest BCUT2D eigenvalue weighted by Gasteiger charge is -2.21. The van der Waals surface area contributed by atoms with Gasteiger partial charge in [-0.25, -0.2) is 4.98 Å². The fourth-order valence-electron chi connectivity index (χ4n) is 5.94. The summed E-state index contributed by atoms with van der Waals surface area (Å²) in [6.45, 7) is 4.15. The van der Waals surface area contributed by atoms with Gasteiger partial charge in [0.25, 0.3) is 0 Å². The highest BCUT2D eigenvalue weighted by Gasteiger charge is 2.25. The van der Waals surface area contributed by atoms with Crippen LogP contribution in [0.2, 0.25) is 20.1 Å². The van der Waals surface area contributed by atoms with Crippen LogP contribution < -0.4 is 10.7 Å². The lowest BCUT2D eigenvalue weighted by molar-refractivity contribution is 0.336. The first kappa shape index (κ1) is 28.9. The Morgan fingerprint density at radius 1 is 0.814 bits per heavy atom. The lowest BCUT2D eigenvalue weighted by atomic mass is 10.1. The van der Waals surface area contributed by atoms with Crippen LogP contribution in [0.4, 0.5) is 11.4 Å². The number of anilines is 2. The molecule has 0 aromatic heterocycles. The predicted molar refractivity (Wildman–Crippen MR) is 180 cm³/mol. The molecule has 0 atom stereocenters. The molecule has 3 aromatic carbocycles. The Kier molecular flexibility index (Phi) is 8.28. The highest BCUT2D eigenvalue weighted by molar-refractivity contribution is 6.42. The van der Waals surface area contributed by atoms with Crippen LogP contribution >= 0.6 is 46.4 Å². The minimum atomic E-state index is 0.490. The topological polar surface area (TPSA) is 45.5 Å². The second-order valence-electron chi connectivity index (χ2n) is 11.5. The number of halogens is 4. The van der Waals surface area contributed by atoms with E-state index in [9.17, 15) is 0 Å². The van der Waals surface area contributed by atoms with E-state index < -0.39 is 0 Å². The van der Waals surface area contributed by atoms with Crippen molar-refractivity contribution in [3.63, 3.8) is 0 Å². The Labute approximate surface area is 271 Å². The quantitative estimate of drug-likeness (QED) is 0.134. The van der Waals surface area contributed by atoms with Crippen LogP contribution in [0.15, 0.2) is 71.7 Å². The van der Waals surface area contributed by atoms with Gasteiger partial charge in [0, 0.05) is 17.9 Å². The molecule has 1 saturated heterocycles. The molecule has 1 saturated carbocycles. The third kappa shape index (κ3) is 6.25. The zero-order chi connectivity index (χ0) is 29.5. The van der Waals surface area contributed by atoms with E-state index in [1.165, 1.54) is 44.3 Å². The summed E-state index contributed by atoms with van der Waals surface area (Å²) in [5.74, 6) is 0.612. The van der Waals surface area contributed by atoms with Gasteiger partial charge in [0.1, 0.15) is 0 Å². The van der Waals surface area contributed by atoms with Gasteiger partial charge in [0.2, 0.25) is 0 Å². The van der Waals surface area contributed by atoms with Gasteiger partial charge in [-0.05, 0) is 124 Å². The highest BCUT2D eigenvalue weighted by atomic mass is 35.5. The van der Waals surface area contributed by atoms with Gasteiger partial charge in [0.05, 0.1) is 53.6 Å². The third-order valence-electron chi connectivity index (χ3n) is 8.34. The highest BCUT2D eigenvalue weighted by Crippen LogP contribution is 2.42. The summed E-state index contributed by atoms with van der Waals surface area (Å²) in [6, 6.07) is 22.1. The van der Waals surface area contributed by atoms with Crippen molar-refractivity contribution in [2.24, 2.45) is 4.99 Å². The molecule has 1 N–H and O–H groups in total. The van der Waals surface area contributed by atoms with Crippen LogP contribution in [-0.4, -0.2) is 40.6 Å². The SMILES string of the molecule is Clc1ccc(Nc2cc3nc4ccc(C5CC5)cc4n(-c4ccc(Cl)c(Cl)c4)c-3cc2=NCCCN2CCCC2)cc1Cl. The summed E-state index contributed by atoms with van der Waals surface area (Å²) in [5, 5.41) is 6.42. The van der Waals surface area contributed by atoms with E-state index in [1.807, 2.05) is 30.3 Å². The number of likely N-dealkylation sites (tertiary alicyclic amines) is 1. The van der Waals surface area contributed by atoms with Crippen molar-refractivity contribution in [2.75, 3.05) is 31.5 Å². The molecule has 2 aliphatic carbocycles. The fourth-order valence-corrected chi connectivity index (χ4v) is 6.53. The standard InChI is InChI=1S/C34H31Cl4N5/c35-25-9-7-23(17-27(25)37)40-31-19-32-34(20-30(31)39-12-3-15-42-13-1-2-14-42)43(24-8-10-26(36)28(38)18-24)33-16-22(21-4-5-21)6-11-29(33)41-32/h6-11,16-21,40H,1-5,12-15H2. The zero-order valence-corrected chi connectivity index (χ0v) is 26.6. The van der Waals surface area contributed by atoms with Crippen molar-refractivity contribution < 1.29 is 0 Å².